The lowest BCUT2D eigenvalue weighted by molar-refractivity contribution is -0.136. The molecule has 4 nitrogen and oxygen atoms in total. The summed E-state index contributed by atoms with van der Waals surface area (Å²) in [5.41, 5.74) is 7.06. The molecule has 1 aliphatic heterocycles. The molecule has 1 aromatic rings. The van der Waals surface area contributed by atoms with Gasteiger partial charge in [-0.15, -0.1) is 0 Å². The van der Waals surface area contributed by atoms with Crippen molar-refractivity contribution >= 4 is 5.91 Å². The molecule has 0 radical (unpaired) electrons. The van der Waals surface area contributed by atoms with E-state index in [1.54, 1.807) is 12.1 Å². The van der Waals surface area contributed by atoms with Crippen molar-refractivity contribution in [3.63, 3.8) is 0 Å². The quantitative estimate of drug-likeness (QED) is 0.884. The topological polar surface area (TPSA) is 66.6 Å². The normalized spacial score (nSPS) is 20.7. The van der Waals surface area contributed by atoms with Gasteiger partial charge in [0.05, 0.1) is 6.04 Å². The minimum absolute atomic E-state index is 0.0598. The zero-order chi connectivity index (χ0) is 14.5. The van der Waals surface area contributed by atoms with Crippen LogP contribution in [0.25, 0.3) is 0 Å². The first kappa shape index (κ1) is 14.9. The first-order valence-electron chi connectivity index (χ1n) is 7.45. The zero-order valence-electron chi connectivity index (χ0n) is 12.1. The highest BCUT2D eigenvalue weighted by Gasteiger charge is 2.28. The van der Waals surface area contributed by atoms with Crippen LogP contribution in [0.1, 0.15) is 38.2 Å². The summed E-state index contributed by atoms with van der Waals surface area (Å²) in [6.45, 7) is 2.96. The van der Waals surface area contributed by atoms with Gasteiger partial charge in [0.2, 0.25) is 5.91 Å². The predicted molar refractivity (Wildman–Crippen MR) is 79.4 cm³/mol. The van der Waals surface area contributed by atoms with Gasteiger partial charge in [-0.1, -0.05) is 19.1 Å². The number of rotatable bonds is 4. The van der Waals surface area contributed by atoms with Crippen LogP contribution in [0.2, 0.25) is 0 Å². The SMILES string of the molecule is CCC1CCCCN1C(=O)C(N)Cc1ccc(O)cc1. The van der Waals surface area contributed by atoms with Crippen molar-refractivity contribution < 1.29 is 9.90 Å². The van der Waals surface area contributed by atoms with Crippen molar-refractivity contribution in [2.75, 3.05) is 6.54 Å². The molecule has 2 atom stereocenters. The molecule has 1 aliphatic rings. The molecule has 1 fully saturated rings. The number of hydrogen-bond acceptors (Lipinski definition) is 3. The molecule has 0 aromatic heterocycles. The van der Waals surface area contributed by atoms with Crippen LogP contribution in [-0.4, -0.2) is 34.5 Å². The molecule has 1 saturated heterocycles. The van der Waals surface area contributed by atoms with Crippen LogP contribution in [0, 0.1) is 0 Å². The van der Waals surface area contributed by atoms with E-state index >= 15 is 0 Å². The number of phenols is 1. The Bertz CT molecular complexity index is 444. The number of carbonyl (C=O) groups excluding carboxylic acids is 1. The van der Waals surface area contributed by atoms with Gasteiger partial charge >= 0.3 is 0 Å². The fourth-order valence-electron chi connectivity index (χ4n) is 2.90. The molecule has 110 valence electrons. The van der Waals surface area contributed by atoms with E-state index in [0.717, 1.165) is 31.4 Å². The van der Waals surface area contributed by atoms with Crippen LogP contribution >= 0.6 is 0 Å². The summed E-state index contributed by atoms with van der Waals surface area (Å²) in [6.07, 6.45) is 4.89. The Hall–Kier alpha value is -1.55. The Morgan fingerprint density at radius 1 is 1.40 bits per heavy atom. The maximum absolute atomic E-state index is 12.5. The van der Waals surface area contributed by atoms with Crippen LogP contribution in [0.3, 0.4) is 0 Å². The first-order valence-corrected chi connectivity index (χ1v) is 7.45. The lowest BCUT2D eigenvalue weighted by Gasteiger charge is -2.36. The molecule has 0 saturated carbocycles. The third-order valence-electron chi connectivity index (χ3n) is 4.09. The zero-order valence-corrected chi connectivity index (χ0v) is 12.1. The van der Waals surface area contributed by atoms with Gasteiger partial charge < -0.3 is 15.7 Å². The van der Waals surface area contributed by atoms with E-state index in [1.807, 2.05) is 17.0 Å². The van der Waals surface area contributed by atoms with E-state index in [-0.39, 0.29) is 11.7 Å². The highest BCUT2D eigenvalue weighted by atomic mass is 16.3. The molecule has 3 N–H and O–H groups in total. The number of phenolic OH excluding ortho intramolecular Hbond substituents is 1. The molecule has 0 bridgehead atoms. The summed E-state index contributed by atoms with van der Waals surface area (Å²) in [4.78, 5) is 14.5. The van der Waals surface area contributed by atoms with Crippen LogP contribution in [0.4, 0.5) is 0 Å². The molecule has 1 aromatic carbocycles. The lowest BCUT2D eigenvalue weighted by Crippen LogP contribution is -2.51. The van der Waals surface area contributed by atoms with Crippen molar-refractivity contribution in [1.29, 1.82) is 0 Å². The molecule has 2 unspecified atom stereocenters. The van der Waals surface area contributed by atoms with E-state index in [4.69, 9.17) is 5.73 Å². The number of piperidine rings is 1. The highest BCUT2D eigenvalue weighted by Crippen LogP contribution is 2.21. The number of carbonyl (C=O) groups is 1. The lowest BCUT2D eigenvalue weighted by atomic mass is 9.97. The van der Waals surface area contributed by atoms with Gasteiger partial charge in [-0.2, -0.15) is 0 Å². The van der Waals surface area contributed by atoms with Crippen molar-refractivity contribution in [2.45, 2.75) is 51.1 Å². The summed E-state index contributed by atoms with van der Waals surface area (Å²) < 4.78 is 0. The summed E-state index contributed by atoms with van der Waals surface area (Å²) in [6, 6.07) is 6.74. The van der Waals surface area contributed by atoms with E-state index in [2.05, 4.69) is 6.92 Å². The van der Waals surface area contributed by atoms with E-state index in [1.165, 1.54) is 6.42 Å². The Balaban J connectivity index is 1.98. The largest absolute Gasteiger partial charge is 0.508 e. The van der Waals surface area contributed by atoms with Gasteiger partial charge in [-0.05, 0) is 49.8 Å². The molecular formula is C16H24N2O2. The number of likely N-dealkylation sites (tertiary alicyclic amines) is 1. The van der Waals surface area contributed by atoms with Crippen LogP contribution in [-0.2, 0) is 11.2 Å². The molecule has 1 amide bonds. The summed E-state index contributed by atoms with van der Waals surface area (Å²) in [5, 5.41) is 9.26. The maximum Gasteiger partial charge on any atom is 0.240 e. The van der Waals surface area contributed by atoms with Crippen LogP contribution in [0.15, 0.2) is 24.3 Å². The van der Waals surface area contributed by atoms with Gasteiger partial charge in [0, 0.05) is 12.6 Å². The molecule has 1 heterocycles. The summed E-state index contributed by atoms with van der Waals surface area (Å²) >= 11 is 0. The van der Waals surface area contributed by atoms with Crippen molar-refractivity contribution in [1.82, 2.24) is 4.90 Å². The number of hydrogen-bond donors (Lipinski definition) is 2. The van der Waals surface area contributed by atoms with Gasteiger partial charge in [0.15, 0.2) is 0 Å². The third-order valence-corrected chi connectivity index (χ3v) is 4.09. The van der Waals surface area contributed by atoms with E-state index in [9.17, 15) is 9.90 Å². The molecular weight excluding hydrogens is 252 g/mol. The fraction of sp³-hybridized carbons (Fsp3) is 0.562. The Morgan fingerprint density at radius 3 is 2.75 bits per heavy atom. The van der Waals surface area contributed by atoms with Crippen LogP contribution in [0.5, 0.6) is 5.75 Å². The average molecular weight is 276 g/mol. The molecule has 20 heavy (non-hydrogen) atoms. The van der Waals surface area contributed by atoms with E-state index in [0.29, 0.717) is 12.5 Å². The minimum Gasteiger partial charge on any atom is -0.508 e. The number of nitrogens with zero attached hydrogens (tertiary/aromatic N) is 1. The summed E-state index contributed by atoms with van der Waals surface area (Å²) in [7, 11) is 0. The molecule has 4 heteroatoms. The van der Waals surface area contributed by atoms with Gasteiger partial charge in [0.1, 0.15) is 5.75 Å². The second kappa shape index (κ2) is 6.75. The number of aromatic hydroxyl groups is 1. The first-order chi connectivity index (χ1) is 9.61. The van der Waals surface area contributed by atoms with Crippen molar-refractivity contribution in [3.05, 3.63) is 29.8 Å². The number of amides is 1. The maximum atomic E-state index is 12.5. The Labute approximate surface area is 120 Å². The van der Waals surface area contributed by atoms with Crippen molar-refractivity contribution in [3.8, 4) is 5.75 Å². The standard InChI is InChI=1S/C16H24N2O2/c1-2-13-5-3-4-10-18(13)16(20)15(17)11-12-6-8-14(19)9-7-12/h6-9,13,15,19H,2-5,10-11,17H2,1H3. The minimum atomic E-state index is -0.494. The predicted octanol–water partition coefficient (Wildman–Crippen LogP) is 2.05. The highest BCUT2D eigenvalue weighted by molar-refractivity contribution is 5.82. The fourth-order valence-corrected chi connectivity index (χ4v) is 2.90. The summed E-state index contributed by atoms with van der Waals surface area (Å²) in [5.74, 6) is 0.292. The molecule has 0 aliphatic carbocycles. The Morgan fingerprint density at radius 2 is 2.10 bits per heavy atom. The second-order valence-electron chi connectivity index (χ2n) is 5.57. The van der Waals surface area contributed by atoms with Crippen molar-refractivity contribution in [2.24, 2.45) is 5.73 Å². The van der Waals surface area contributed by atoms with E-state index < -0.39 is 6.04 Å². The second-order valence-corrected chi connectivity index (χ2v) is 5.57. The Kier molecular flexibility index (Phi) is 5.01. The smallest absolute Gasteiger partial charge is 0.240 e. The third kappa shape index (κ3) is 3.51. The van der Waals surface area contributed by atoms with Crippen LogP contribution < -0.4 is 5.73 Å². The number of nitrogens with two attached hydrogens (primary N) is 1. The number of benzene rings is 1. The molecule has 2 rings (SSSR count). The monoisotopic (exact) mass is 276 g/mol. The average Bonchev–Trinajstić information content (AvgIpc) is 2.48. The molecule has 0 spiro atoms. The van der Waals surface area contributed by atoms with Gasteiger partial charge in [0.25, 0.3) is 0 Å². The van der Waals surface area contributed by atoms with Gasteiger partial charge in [-0.25, -0.2) is 0 Å². The van der Waals surface area contributed by atoms with Gasteiger partial charge in [-0.3, -0.25) is 4.79 Å².